The van der Waals surface area contributed by atoms with Gasteiger partial charge in [0.15, 0.2) is 0 Å². The van der Waals surface area contributed by atoms with Gasteiger partial charge < -0.3 is 14.0 Å². The third kappa shape index (κ3) is 4.38. The maximum atomic E-state index is 12.4. The summed E-state index contributed by atoms with van der Waals surface area (Å²) in [5.74, 6) is 0.913. The first-order chi connectivity index (χ1) is 13.1. The summed E-state index contributed by atoms with van der Waals surface area (Å²) in [5, 5.41) is 4.07. The lowest BCUT2D eigenvalue weighted by molar-refractivity contribution is 0.0952. The summed E-state index contributed by atoms with van der Waals surface area (Å²) in [5.41, 5.74) is 4.71. The normalized spacial score (nSPS) is 10.8. The molecule has 6 nitrogen and oxygen atoms in total. The van der Waals surface area contributed by atoms with Crippen LogP contribution < -0.4 is 14.9 Å². The molecule has 0 radical (unpaired) electrons. The van der Waals surface area contributed by atoms with Gasteiger partial charge in [-0.05, 0) is 54.6 Å². The second-order valence-electron chi connectivity index (χ2n) is 5.54. The van der Waals surface area contributed by atoms with E-state index in [9.17, 15) is 4.79 Å². The molecule has 1 heterocycles. The van der Waals surface area contributed by atoms with Crippen molar-refractivity contribution in [2.45, 2.75) is 0 Å². The molecule has 138 valence electrons. The Morgan fingerprint density at radius 1 is 1.11 bits per heavy atom. The number of nitrogens with zero attached hydrogens (tertiary/aromatic N) is 2. The van der Waals surface area contributed by atoms with E-state index in [0.29, 0.717) is 11.3 Å². The van der Waals surface area contributed by atoms with E-state index < -0.39 is 0 Å². The predicted octanol–water partition coefficient (Wildman–Crippen LogP) is 4.02. The van der Waals surface area contributed by atoms with Gasteiger partial charge in [-0.15, -0.1) is 0 Å². The van der Waals surface area contributed by atoms with Crippen LogP contribution in [-0.4, -0.2) is 30.9 Å². The Morgan fingerprint density at radius 2 is 1.89 bits per heavy atom. The van der Waals surface area contributed by atoms with E-state index in [1.54, 1.807) is 31.5 Å². The second-order valence-corrected chi connectivity index (χ2v) is 6.46. The highest BCUT2D eigenvalue weighted by molar-refractivity contribution is 9.10. The fourth-order valence-corrected chi connectivity index (χ4v) is 2.91. The second kappa shape index (κ2) is 8.55. The van der Waals surface area contributed by atoms with Crippen molar-refractivity contribution >= 4 is 28.1 Å². The lowest BCUT2D eigenvalue weighted by atomic mass is 10.2. The van der Waals surface area contributed by atoms with Crippen molar-refractivity contribution in [2.75, 3.05) is 14.2 Å². The van der Waals surface area contributed by atoms with E-state index in [4.69, 9.17) is 9.47 Å². The standard InChI is InChI=1S/C20H18BrN3O3/c1-26-17-8-6-15(7-9-17)24-11-3-4-16(24)13-22-23-20(25)18-12-14(21)5-10-19(18)27-2/h3-13H,1-2H3,(H,23,25). The average molecular weight is 428 g/mol. The molecule has 0 aliphatic carbocycles. The quantitative estimate of drug-likeness (QED) is 0.477. The Morgan fingerprint density at radius 3 is 2.59 bits per heavy atom. The number of ether oxygens (including phenoxy) is 2. The van der Waals surface area contributed by atoms with Crippen LogP contribution in [0.5, 0.6) is 11.5 Å². The van der Waals surface area contributed by atoms with Crippen molar-refractivity contribution in [3.63, 3.8) is 0 Å². The van der Waals surface area contributed by atoms with Crippen LogP contribution in [0.25, 0.3) is 5.69 Å². The number of carbonyl (C=O) groups excluding carboxylic acids is 1. The van der Waals surface area contributed by atoms with E-state index in [1.165, 1.54) is 7.11 Å². The Balaban J connectivity index is 1.75. The fraction of sp³-hybridized carbons (Fsp3) is 0.100. The maximum Gasteiger partial charge on any atom is 0.275 e. The zero-order valence-corrected chi connectivity index (χ0v) is 16.4. The van der Waals surface area contributed by atoms with Gasteiger partial charge in [0.05, 0.1) is 31.7 Å². The highest BCUT2D eigenvalue weighted by Crippen LogP contribution is 2.22. The van der Waals surface area contributed by atoms with Gasteiger partial charge in [-0.3, -0.25) is 4.79 Å². The predicted molar refractivity (Wildman–Crippen MR) is 108 cm³/mol. The average Bonchev–Trinajstić information content (AvgIpc) is 3.16. The van der Waals surface area contributed by atoms with Gasteiger partial charge in [0.1, 0.15) is 11.5 Å². The molecular formula is C20H18BrN3O3. The molecule has 0 bridgehead atoms. The van der Waals surface area contributed by atoms with E-state index in [0.717, 1.165) is 21.6 Å². The van der Waals surface area contributed by atoms with Crippen molar-refractivity contribution in [3.05, 3.63) is 76.5 Å². The lowest BCUT2D eigenvalue weighted by Crippen LogP contribution is -2.18. The minimum atomic E-state index is -0.355. The van der Waals surface area contributed by atoms with Crippen molar-refractivity contribution in [2.24, 2.45) is 5.10 Å². The topological polar surface area (TPSA) is 64.8 Å². The number of amides is 1. The van der Waals surface area contributed by atoms with E-state index in [-0.39, 0.29) is 5.91 Å². The number of rotatable bonds is 6. The van der Waals surface area contributed by atoms with Crippen LogP contribution in [0.3, 0.4) is 0 Å². The molecule has 0 aliphatic heterocycles. The molecule has 0 aliphatic rings. The molecule has 1 amide bonds. The van der Waals surface area contributed by atoms with Gasteiger partial charge in [0.25, 0.3) is 5.91 Å². The van der Waals surface area contributed by atoms with Crippen LogP contribution in [0.15, 0.2) is 70.4 Å². The molecule has 27 heavy (non-hydrogen) atoms. The number of hydrogen-bond acceptors (Lipinski definition) is 4. The van der Waals surface area contributed by atoms with E-state index in [2.05, 4.69) is 26.5 Å². The SMILES string of the molecule is COc1ccc(-n2cccc2C=NNC(=O)c2cc(Br)ccc2OC)cc1. The lowest BCUT2D eigenvalue weighted by Gasteiger charge is -2.08. The summed E-state index contributed by atoms with van der Waals surface area (Å²) < 4.78 is 13.1. The molecule has 3 rings (SSSR count). The Bertz CT molecular complexity index is 965. The highest BCUT2D eigenvalue weighted by atomic mass is 79.9. The Hall–Kier alpha value is -3.06. The van der Waals surface area contributed by atoms with Gasteiger partial charge in [0.2, 0.25) is 0 Å². The first-order valence-electron chi connectivity index (χ1n) is 8.11. The van der Waals surface area contributed by atoms with Crippen LogP contribution in [0, 0.1) is 0 Å². The largest absolute Gasteiger partial charge is 0.497 e. The van der Waals surface area contributed by atoms with Crippen LogP contribution in [-0.2, 0) is 0 Å². The summed E-state index contributed by atoms with van der Waals surface area (Å²) in [4.78, 5) is 12.4. The molecule has 1 aromatic heterocycles. The van der Waals surface area contributed by atoms with Crippen LogP contribution in [0.2, 0.25) is 0 Å². The molecule has 0 saturated heterocycles. The number of hydrazone groups is 1. The highest BCUT2D eigenvalue weighted by Gasteiger charge is 2.12. The summed E-state index contributed by atoms with van der Waals surface area (Å²) in [6.07, 6.45) is 3.51. The molecule has 1 N–H and O–H groups in total. The molecule has 0 saturated carbocycles. The Kier molecular flexibility index (Phi) is 5.93. The van der Waals surface area contributed by atoms with Crippen molar-refractivity contribution in [1.82, 2.24) is 9.99 Å². The zero-order valence-electron chi connectivity index (χ0n) is 14.8. The smallest absolute Gasteiger partial charge is 0.275 e. The molecule has 0 spiro atoms. The van der Waals surface area contributed by atoms with Crippen molar-refractivity contribution in [1.29, 1.82) is 0 Å². The molecule has 3 aromatic rings. The molecule has 2 aromatic carbocycles. The first kappa shape index (κ1) is 18.7. The molecule has 0 fully saturated rings. The number of methoxy groups -OCH3 is 2. The van der Waals surface area contributed by atoms with Crippen LogP contribution >= 0.6 is 15.9 Å². The number of halogens is 1. The summed E-state index contributed by atoms with van der Waals surface area (Å²) in [6, 6.07) is 16.7. The number of benzene rings is 2. The third-order valence-electron chi connectivity index (χ3n) is 3.90. The first-order valence-corrected chi connectivity index (χ1v) is 8.90. The minimum Gasteiger partial charge on any atom is -0.497 e. The monoisotopic (exact) mass is 427 g/mol. The summed E-state index contributed by atoms with van der Waals surface area (Å²) in [6.45, 7) is 0. The van der Waals surface area contributed by atoms with E-state index in [1.807, 2.05) is 47.2 Å². The molecule has 7 heteroatoms. The van der Waals surface area contributed by atoms with Crippen LogP contribution in [0.4, 0.5) is 0 Å². The number of aromatic nitrogens is 1. The maximum absolute atomic E-state index is 12.4. The number of carbonyl (C=O) groups is 1. The molecule has 0 atom stereocenters. The van der Waals surface area contributed by atoms with Gasteiger partial charge in [-0.2, -0.15) is 5.10 Å². The Labute approximate surface area is 165 Å². The summed E-state index contributed by atoms with van der Waals surface area (Å²) in [7, 11) is 3.15. The minimum absolute atomic E-state index is 0.355. The fourth-order valence-electron chi connectivity index (χ4n) is 2.55. The van der Waals surface area contributed by atoms with Crippen LogP contribution in [0.1, 0.15) is 16.1 Å². The summed E-state index contributed by atoms with van der Waals surface area (Å²) >= 11 is 3.35. The van der Waals surface area contributed by atoms with Gasteiger partial charge >= 0.3 is 0 Å². The van der Waals surface area contributed by atoms with Crippen molar-refractivity contribution < 1.29 is 14.3 Å². The van der Waals surface area contributed by atoms with E-state index >= 15 is 0 Å². The number of hydrogen-bond donors (Lipinski definition) is 1. The van der Waals surface area contributed by atoms with Crippen molar-refractivity contribution in [3.8, 4) is 17.2 Å². The molecular weight excluding hydrogens is 410 g/mol. The third-order valence-corrected chi connectivity index (χ3v) is 4.39. The van der Waals surface area contributed by atoms with Gasteiger partial charge in [-0.1, -0.05) is 15.9 Å². The number of nitrogens with one attached hydrogen (secondary N) is 1. The zero-order chi connectivity index (χ0) is 19.2. The van der Waals surface area contributed by atoms with Gasteiger partial charge in [-0.25, -0.2) is 5.43 Å². The molecule has 0 unspecified atom stereocenters. The van der Waals surface area contributed by atoms with Gasteiger partial charge in [0, 0.05) is 16.4 Å².